The zero-order chi connectivity index (χ0) is 13.0. The van der Waals surface area contributed by atoms with Crippen LogP contribution < -0.4 is 5.73 Å². The van der Waals surface area contributed by atoms with Crippen molar-refractivity contribution in [1.29, 1.82) is 0 Å². The average Bonchev–Trinajstić information content (AvgIpc) is 2.85. The van der Waals surface area contributed by atoms with Crippen molar-refractivity contribution in [1.82, 2.24) is 4.90 Å². The summed E-state index contributed by atoms with van der Waals surface area (Å²) < 4.78 is 0. The summed E-state index contributed by atoms with van der Waals surface area (Å²) in [6.45, 7) is 6.59. The van der Waals surface area contributed by atoms with Crippen molar-refractivity contribution in [3.8, 4) is 0 Å². The fraction of sp³-hybridized carbons (Fsp3) is 0.600. The van der Waals surface area contributed by atoms with E-state index in [9.17, 15) is 0 Å². The van der Waals surface area contributed by atoms with E-state index in [1.165, 1.54) is 31.5 Å². The van der Waals surface area contributed by atoms with Crippen molar-refractivity contribution in [2.45, 2.75) is 26.2 Å². The second-order valence-electron chi connectivity index (χ2n) is 5.80. The van der Waals surface area contributed by atoms with Gasteiger partial charge >= 0.3 is 0 Å². The lowest BCUT2D eigenvalue weighted by Gasteiger charge is -2.32. The number of rotatable bonds is 5. The SMILES string of the molecule is CC(CN)(Cc1ccc(Cl)cc1)CN1CCCC1. The van der Waals surface area contributed by atoms with E-state index in [1.54, 1.807) is 0 Å². The second kappa shape index (κ2) is 6.05. The first-order valence-corrected chi connectivity index (χ1v) is 7.16. The molecule has 0 aromatic heterocycles. The molecular weight excluding hydrogens is 244 g/mol. The smallest absolute Gasteiger partial charge is 0.0406 e. The Bertz CT molecular complexity index is 371. The van der Waals surface area contributed by atoms with Crippen molar-refractivity contribution in [3.63, 3.8) is 0 Å². The van der Waals surface area contributed by atoms with Gasteiger partial charge in [-0.15, -0.1) is 0 Å². The van der Waals surface area contributed by atoms with Crippen LogP contribution in [0.4, 0.5) is 0 Å². The minimum atomic E-state index is 0.165. The van der Waals surface area contributed by atoms with Crippen molar-refractivity contribution in [3.05, 3.63) is 34.9 Å². The number of likely N-dealkylation sites (tertiary alicyclic amines) is 1. The highest BCUT2D eigenvalue weighted by atomic mass is 35.5. The lowest BCUT2D eigenvalue weighted by Crippen LogP contribution is -2.41. The third-order valence-corrected chi connectivity index (χ3v) is 4.09. The van der Waals surface area contributed by atoms with Gasteiger partial charge in [0.25, 0.3) is 0 Å². The Kier molecular flexibility index (Phi) is 4.66. The number of hydrogen-bond donors (Lipinski definition) is 1. The maximum Gasteiger partial charge on any atom is 0.0406 e. The van der Waals surface area contributed by atoms with Crippen LogP contribution in [0.25, 0.3) is 0 Å². The molecule has 1 saturated heterocycles. The molecule has 0 amide bonds. The van der Waals surface area contributed by atoms with E-state index in [4.69, 9.17) is 17.3 Å². The summed E-state index contributed by atoms with van der Waals surface area (Å²) in [5.41, 5.74) is 7.50. The molecule has 0 spiro atoms. The molecule has 0 radical (unpaired) electrons. The van der Waals surface area contributed by atoms with Crippen molar-refractivity contribution >= 4 is 11.6 Å². The minimum absolute atomic E-state index is 0.165. The van der Waals surface area contributed by atoms with Gasteiger partial charge in [0.2, 0.25) is 0 Å². The van der Waals surface area contributed by atoms with Crippen LogP contribution in [0.1, 0.15) is 25.3 Å². The van der Waals surface area contributed by atoms with Gasteiger partial charge in [0.05, 0.1) is 0 Å². The van der Waals surface area contributed by atoms with E-state index in [1.807, 2.05) is 12.1 Å². The van der Waals surface area contributed by atoms with Crippen molar-refractivity contribution in [2.24, 2.45) is 11.1 Å². The van der Waals surface area contributed by atoms with Crippen LogP contribution in [0.3, 0.4) is 0 Å². The Labute approximate surface area is 115 Å². The molecule has 1 aliphatic rings. The number of nitrogens with zero attached hydrogens (tertiary/aromatic N) is 1. The monoisotopic (exact) mass is 266 g/mol. The molecule has 1 atom stereocenters. The molecule has 1 aromatic rings. The fourth-order valence-corrected chi connectivity index (χ4v) is 2.89. The Morgan fingerprint density at radius 1 is 1.22 bits per heavy atom. The highest BCUT2D eigenvalue weighted by Crippen LogP contribution is 2.25. The Morgan fingerprint density at radius 2 is 1.83 bits per heavy atom. The van der Waals surface area contributed by atoms with E-state index in [0.717, 1.165) is 24.5 Å². The fourth-order valence-electron chi connectivity index (χ4n) is 2.77. The van der Waals surface area contributed by atoms with Crippen LogP contribution in [-0.4, -0.2) is 31.1 Å². The summed E-state index contributed by atoms with van der Waals surface area (Å²) >= 11 is 5.92. The van der Waals surface area contributed by atoms with Gasteiger partial charge in [-0.25, -0.2) is 0 Å². The maximum atomic E-state index is 6.01. The molecule has 0 aliphatic carbocycles. The summed E-state index contributed by atoms with van der Waals surface area (Å²) in [5, 5.41) is 0.799. The highest BCUT2D eigenvalue weighted by molar-refractivity contribution is 6.30. The van der Waals surface area contributed by atoms with E-state index >= 15 is 0 Å². The second-order valence-corrected chi connectivity index (χ2v) is 6.24. The quantitative estimate of drug-likeness (QED) is 0.888. The Balaban J connectivity index is 1.99. The van der Waals surface area contributed by atoms with Gasteiger partial charge in [-0.1, -0.05) is 30.7 Å². The third-order valence-electron chi connectivity index (χ3n) is 3.84. The van der Waals surface area contributed by atoms with Gasteiger partial charge in [0.15, 0.2) is 0 Å². The first kappa shape index (κ1) is 13.9. The molecule has 2 rings (SSSR count). The van der Waals surface area contributed by atoms with Crippen LogP contribution >= 0.6 is 11.6 Å². The van der Waals surface area contributed by atoms with Gasteiger partial charge in [0.1, 0.15) is 0 Å². The molecule has 3 heteroatoms. The predicted octanol–water partition coefficient (Wildman–Crippen LogP) is 2.94. The lowest BCUT2D eigenvalue weighted by atomic mass is 9.83. The van der Waals surface area contributed by atoms with Gasteiger partial charge in [-0.05, 0) is 62.0 Å². The summed E-state index contributed by atoms with van der Waals surface area (Å²) in [7, 11) is 0. The van der Waals surface area contributed by atoms with Gasteiger partial charge in [-0.3, -0.25) is 0 Å². The zero-order valence-corrected chi connectivity index (χ0v) is 11.9. The molecule has 2 nitrogen and oxygen atoms in total. The molecule has 1 aliphatic heterocycles. The molecular formula is C15H23ClN2. The number of halogens is 1. The number of benzene rings is 1. The van der Waals surface area contributed by atoms with E-state index in [2.05, 4.69) is 24.0 Å². The molecule has 0 bridgehead atoms. The Hall–Kier alpha value is -0.570. The highest BCUT2D eigenvalue weighted by Gasteiger charge is 2.27. The van der Waals surface area contributed by atoms with Crippen LogP contribution in [0.2, 0.25) is 5.02 Å². The third kappa shape index (κ3) is 3.71. The van der Waals surface area contributed by atoms with Crippen molar-refractivity contribution < 1.29 is 0 Å². The predicted molar refractivity (Wildman–Crippen MR) is 78.0 cm³/mol. The normalized spacial score (nSPS) is 19.9. The standard InChI is InChI=1S/C15H23ClN2/c1-15(11-17,12-18-8-2-3-9-18)10-13-4-6-14(16)7-5-13/h4-7H,2-3,8-12,17H2,1H3. The summed E-state index contributed by atoms with van der Waals surface area (Å²) in [5.74, 6) is 0. The topological polar surface area (TPSA) is 29.3 Å². The summed E-state index contributed by atoms with van der Waals surface area (Å²) in [6, 6.07) is 8.15. The molecule has 0 saturated carbocycles. The van der Waals surface area contributed by atoms with Crippen LogP contribution in [0, 0.1) is 5.41 Å². The van der Waals surface area contributed by atoms with E-state index in [-0.39, 0.29) is 5.41 Å². The summed E-state index contributed by atoms with van der Waals surface area (Å²) in [6.07, 6.45) is 3.69. The van der Waals surface area contributed by atoms with Gasteiger partial charge in [0, 0.05) is 11.6 Å². The lowest BCUT2D eigenvalue weighted by molar-refractivity contribution is 0.196. The average molecular weight is 267 g/mol. The number of nitrogens with two attached hydrogens (primary N) is 1. The van der Waals surface area contributed by atoms with Gasteiger partial charge < -0.3 is 10.6 Å². The zero-order valence-electron chi connectivity index (χ0n) is 11.2. The minimum Gasteiger partial charge on any atom is -0.330 e. The molecule has 1 fully saturated rings. The van der Waals surface area contributed by atoms with Crippen LogP contribution in [-0.2, 0) is 6.42 Å². The van der Waals surface area contributed by atoms with Crippen LogP contribution in [0.15, 0.2) is 24.3 Å². The molecule has 1 unspecified atom stereocenters. The largest absolute Gasteiger partial charge is 0.330 e. The van der Waals surface area contributed by atoms with E-state index in [0.29, 0.717) is 0 Å². The van der Waals surface area contributed by atoms with Gasteiger partial charge in [-0.2, -0.15) is 0 Å². The van der Waals surface area contributed by atoms with E-state index < -0.39 is 0 Å². The molecule has 2 N–H and O–H groups in total. The molecule has 1 aromatic carbocycles. The Morgan fingerprint density at radius 3 is 2.39 bits per heavy atom. The molecule has 100 valence electrons. The first-order chi connectivity index (χ1) is 8.61. The molecule has 1 heterocycles. The number of hydrogen-bond acceptors (Lipinski definition) is 2. The maximum absolute atomic E-state index is 6.01. The van der Waals surface area contributed by atoms with Crippen molar-refractivity contribution in [2.75, 3.05) is 26.2 Å². The first-order valence-electron chi connectivity index (χ1n) is 6.78. The molecule has 18 heavy (non-hydrogen) atoms. The summed E-state index contributed by atoms with van der Waals surface area (Å²) in [4.78, 5) is 2.54. The van der Waals surface area contributed by atoms with Crippen LogP contribution in [0.5, 0.6) is 0 Å².